The van der Waals surface area contributed by atoms with Crippen LogP contribution in [0.1, 0.15) is 5.56 Å². The maximum atomic E-state index is 10.4. The average Bonchev–Trinajstić information content (AvgIpc) is 2.09. The molecular weight excluding hydrogens is 240 g/mol. The first kappa shape index (κ1) is 9.66. The summed E-state index contributed by atoms with van der Waals surface area (Å²) in [6.07, 6.45) is 0.854. The topological polar surface area (TPSA) is 87.2 Å². The van der Waals surface area contributed by atoms with Crippen LogP contribution >= 0.6 is 15.9 Å². The molecule has 68 valence electrons. The van der Waals surface area contributed by atoms with Crippen LogP contribution in [0.5, 0.6) is 5.75 Å². The summed E-state index contributed by atoms with van der Waals surface area (Å²) in [7, 11) is 0. The standard InChI is InChI=1S/C7H5BrN2O3/c8-6-2-5(10(12)13)1-4(3-9)7(6)11/h1-3,9,11H. The number of nitrogens with zero attached hydrogens (tertiary/aromatic N) is 1. The molecule has 0 unspecified atom stereocenters. The molecule has 0 fully saturated rings. The molecule has 1 aromatic rings. The van der Waals surface area contributed by atoms with Crippen LogP contribution in [-0.4, -0.2) is 16.2 Å². The Balaban J connectivity index is 3.38. The second-order valence-corrected chi connectivity index (χ2v) is 3.12. The Labute approximate surface area is 81.8 Å². The van der Waals surface area contributed by atoms with E-state index in [9.17, 15) is 15.2 Å². The SMILES string of the molecule is N=Cc1cc([N+](=O)[O-])cc(Br)c1O. The molecule has 2 N–H and O–H groups in total. The first-order valence-electron chi connectivity index (χ1n) is 3.23. The third-order valence-electron chi connectivity index (χ3n) is 1.44. The number of hydrogen-bond acceptors (Lipinski definition) is 4. The van der Waals surface area contributed by atoms with Gasteiger partial charge in [0.1, 0.15) is 5.75 Å². The van der Waals surface area contributed by atoms with Gasteiger partial charge in [-0.25, -0.2) is 0 Å². The Bertz CT molecular complexity index is 378. The lowest BCUT2D eigenvalue weighted by Crippen LogP contribution is -1.91. The summed E-state index contributed by atoms with van der Waals surface area (Å²) in [4.78, 5) is 9.77. The number of aromatic hydroxyl groups is 1. The molecule has 0 saturated heterocycles. The highest BCUT2D eigenvalue weighted by atomic mass is 79.9. The van der Waals surface area contributed by atoms with Gasteiger partial charge in [0.15, 0.2) is 0 Å². The minimum absolute atomic E-state index is 0.112. The Morgan fingerprint density at radius 1 is 1.62 bits per heavy atom. The van der Waals surface area contributed by atoms with E-state index in [1.165, 1.54) is 6.07 Å². The molecule has 6 heteroatoms. The molecular formula is C7H5BrN2O3. The quantitative estimate of drug-likeness (QED) is 0.474. The highest BCUT2D eigenvalue weighted by Gasteiger charge is 2.12. The van der Waals surface area contributed by atoms with Gasteiger partial charge in [0.05, 0.1) is 9.40 Å². The molecule has 5 nitrogen and oxygen atoms in total. The second-order valence-electron chi connectivity index (χ2n) is 2.27. The van der Waals surface area contributed by atoms with Crippen molar-refractivity contribution >= 4 is 27.8 Å². The van der Waals surface area contributed by atoms with Crippen molar-refractivity contribution in [1.82, 2.24) is 0 Å². The number of benzene rings is 1. The zero-order valence-electron chi connectivity index (χ0n) is 6.32. The van der Waals surface area contributed by atoms with E-state index in [0.29, 0.717) is 0 Å². The smallest absolute Gasteiger partial charge is 0.271 e. The van der Waals surface area contributed by atoms with Gasteiger partial charge in [-0.1, -0.05) is 0 Å². The molecule has 0 aliphatic heterocycles. The first-order valence-corrected chi connectivity index (χ1v) is 4.03. The highest BCUT2D eigenvalue weighted by molar-refractivity contribution is 9.10. The lowest BCUT2D eigenvalue weighted by Gasteiger charge is -2.00. The minimum atomic E-state index is -0.586. The fourth-order valence-corrected chi connectivity index (χ4v) is 1.28. The molecule has 0 aromatic heterocycles. The molecule has 0 amide bonds. The number of phenolic OH excluding ortho intramolecular Hbond substituents is 1. The van der Waals surface area contributed by atoms with Crippen LogP contribution in [0.15, 0.2) is 16.6 Å². The van der Waals surface area contributed by atoms with E-state index in [2.05, 4.69) is 15.9 Å². The molecule has 13 heavy (non-hydrogen) atoms. The van der Waals surface area contributed by atoms with Gasteiger partial charge in [0.2, 0.25) is 0 Å². The summed E-state index contributed by atoms with van der Waals surface area (Å²) in [5.74, 6) is -0.166. The van der Waals surface area contributed by atoms with Crippen molar-refractivity contribution in [1.29, 1.82) is 5.41 Å². The maximum absolute atomic E-state index is 10.4. The van der Waals surface area contributed by atoms with Crippen molar-refractivity contribution in [2.45, 2.75) is 0 Å². The third-order valence-corrected chi connectivity index (χ3v) is 2.05. The van der Waals surface area contributed by atoms with Crippen molar-refractivity contribution in [3.63, 3.8) is 0 Å². The molecule has 0 radical (unpaired) electrons. The first-order chi connectivity index (χ1) is 6.06. The number of hydrogen-bond donors (Lipinski definition) is 2. The minimum Gasteiger partial charge on any atom is -0.506 e. The van der Waals surface area contributed by atoms with Crippen LogP contribution in [0, 0.1) is 15.5 Å². The summed E-state index contributed by atoms with van der Waals surface area (Å²) in [5.41, 5.74) is -0.0516. The van der Waals surface area contributed by atoms with E-state index in [-0.39, 0.29) is 21.5 Å². The van der Waals surface area contributed by atoms with E-state index >= 15 is 0 Å². The van der Waals surface area contributed by atoms with Gasteiger partial charge in [0, 0.05) is 23.9 Å². The maximum Gasteiger partial charge on any atom is 0.271 e. The van der Waals surface area contributed by atoms with E-state index in [0.717, 1.165) is 12.3 Å². The molecule has 0 bridgehead atoms. The predicted octanol–water partition coefficient (Wildman–Crippen LogP) is 2.06. The van der Waals surface area contributed by atoms with E-state index in [1.54, 1.807) is 0 Å². The van der Waals surface area contributed by atoms with Crippen LogP contribution in [0.3, 0.4) is 0 Å². The molecule has 1 rings (SSSR count). The van der Waals surface area contributed by atoms with Gasteiger partial charge in [0.25, 0.3) is 5.69 Å². The van der Waals surface area contributed by atoms with Gasteiger partial charge in [-0.15, -0.1) is 0 Å². The fraction of sp³-hybridized carbons (Fsp3) is 0. The van der Waals surface area contributed by atoms with Gasteiger partial charge >= 0.3 is 0 Å². The summed E-state index contributed by atoms with van der Waals surface area (Å²) in [6.45, 7) is 0. The second kappa shape index (κ2) is 3.53. The normalized spacial score (nSPS) is 9.62. The molecule has 0 spiro atoms. The molecule has 0 atom stereocenters. The molecule has 0 heterocycles. The summed E-state index contributed by atoms with van der Waals surface area (Å²) in [5, 5.41) is 26.5. The van der Waals surface area contributed by atoms with Crippen molar-refractivity contribution in [2.24, 2.45) is 0 Å². The van der Waals surface area contributed by atoms with Crippen molar-refractivity contribution < 1.29 is 10.0 Å². The number of nitrogens with one attached hydrogen (secondary N) is 1. The van der Waals surface area contributed by atoms with E-state index in [1.807, 2.05) is 0 Å². The van der Waals surface area contributed by atoms with Crippen LogP contribution < -0.4 is 0 Å². The number of halogens is 1. The lowest BCUT2D eigenvalue weighted by molar-refractivity contribution is -0.385. The summed E-state index contributed by atoms with van der Waals surface area (Å²) < 4.78 is 0.209. The Morgan fingerprint density at radius 2 is 2.23 bits per heavy atom. The number of nitro benzene ring substituents is 1. The van der Waals surface area contributed by atoms with Crippen LogP contribution in [0.25, 0.3) is 0 Å². The van der Waals surface area contributed by atoms with Crippen molar-refractivity contribution in [2.75, 3.05) is 0 Å². The zero-order chi connectivity index (χ0) is 10.0. The van der Waals surface area contributed by atoms with E-state index < -0.39 is 4.92 Å². The third kappa shape index (κ3) is 1.83. The van der Waals surface area contributed by atoms with Gasteiger partial charge < -0.3 is 10.5 Å². The highest BCUT2D eigenvalue weighted by Crippen LogP contribution is 2.31. The molecule has 0 aliphatic carbocycles. The largest absolute Gasteiger partial charge is 0.506 e. The van der Waals surface area contributed by atoms with Crippen molar-refractivity contribution in [3.8, 4) is 5.75 Å². The Hall–Kier alpha value is -1.43. The van der Waals surface area contributed by atoms with E-state index in [4.69, 9.17) is 5.41 Å². The molecule has 0 saturated carbocycles. The number of non-ortho nitro benzene ring substituents is 1. The zero-order valence-corrected chi connectivity index (χ0v) is 7.91. The van der Waals surface area contributed by atoms with Gasteiger partial charge in [-0.05, 0) is 15.9 Å². The summed E-state index contributed by atoms with van der Waals surface area (Å²) in [6, 6.07) is 2.31. The Morgan fingerprint density at radius 3 is 2.69 bits per heavy atom. The fourth-order valence-electron chi connectivity index (χ4n) is 0.821. The van der Waals surface area contributed by atoms with Crippen LogP contribution in [-0.2, 0) is 0 Å². The van der Waals surface area contributed by atoms with Gasteiger partial charge in [-0.3, -0.25) is 10.1 Å². The predicted molar refractivity (Wildman–Crippen MR) is 50.3 cm³/mol. The number of phenols is 1. The average molecular weight is 245 g/mol. The summed E-state index contributed by atoms with van der Waals surface area (Å²) >= 11 is 2.95. The van der Waals surface area contributed by atoms with Crippen LogP contribution in [0.4, 0.5) is 5.69 Å². The van der Waals surface area contributed by atoms with Gasteiger partial charge in [-0.2, -0.15) is 0 Å². The Kier molecular flexibility index (Phi) is 2.62. The monoisotopic (exact) mass is 244 g/mol. The number of nitro groups is 1. The molecule has 1 aromatic carbocycles. The lowest BCUT2D eigenvalue weighted by atomic mass is 10.2. The number of rotatable bonds is 2. The molecule has 0 aliphatic rings. The van der Waals surface area contributed by atoms with Crippen LogP contribution in [0.2, 0.25) is 0 Å². The van der Waals surface area contributed by atoms with Crippen molar-refractivity contribution in [3.05, 3.63) is 32.3 Å².